The first-order valence-electron chi connectivity index (χ1n) is 6.38. The van der Waals surface area contributed by atoms with Gasteiger partial charge in [0.15, 0.2) is 0 Å². The molecule has 2 rings (SSSR count). The van der Waals surface area contributed by atoms with Crippen LogP contribution < -0.4 is 5.32 Å². The van der Waals surface area contributed by atoms with Gasteiger partial charge in [-0.05, 0) is 39.8 Å². The van der Waals surface area contributed by atoms with Gasteiger partial charge in [-0.25, -0.2) is 0 Å². The van der Waals surface area contributed by atoms with Crippen molar-refractivity contribution in [3.63, 3.8) is 0 Å². The Balaban J connectivity index is 1.91. The zero-order chi connectivity index (χ0) is 11.6. The Bertz CT molecular complexity index is 229. The molecule has 2 saturated heterocycles. The van der Waals surface area contributed by atoms with Crippen LogP contribution in [0.5, 0.6) is 0 Å². The highest BCUT2D eigenvalue weighted by Gasteiger charge is 2.34. The number of rotatable bonds is 2. The average molecular weight is 228 g/mol. The Labute approximate surface area is 98.0 Å². The molecule has 0 aromatic heterocycles. The Kier molecular flexibility index (Phi) is 3.85. The third-order valence-corrected chi connectivity index (χ3v) is 3.77. The van der Waals surface area contributed by atoms with Crippen molar-refractivity contribution in [2.75, 3.05) is 32.8 Å². The largest absolute Gasteiger partial charge is 0.388 e. The first-order chi connectivity index (χ1) is 7.59. The van der Waals surface area contributed by atoms with Gasteiger partial charge < -0.3 is 15.2 Å². The summed E-state index contributed by atoms with van der Waals surface area (Å²) >= 11 is 0. The Morgan fingerprint density at radius 3 is 2.75 bits per heavy atom. The molecule has 2 unspecified atom stereocenters. The number of morpholine rings is 1. The van der Waals surface area contributed by atoms with Crippen LogP contribution in [0.1, 0.15) is 26.7 Å². The first-order valence-corrected chi connectivity index (χ1v) is 6.38. The molecule has 2 fully saturated rings. The van der Waals surface area contributed by atoms with E-state index in [1.54, 1.807) is 0 Å². The molecule has 94 valence electrons. The summed E-state index contributed by atoms with van der Waals surface area (Å²) in [7, 11) is 0. The number of hydrogen-bond donors (Lipinski definition) is 2. The van der Waals surface area contributed by atoms with E-state index in [0.717, 1.165) is 45.6 Å². The highest BCUT2D eigenvalue weighted by molar-refractivity contribution is 4.90. The zero-order valence-corrected chi connectivity index (χ0v) is 10.4. The molecule has 0 aromatic carbocycles. The second kappa shape index (κ2) is 5.00. The van der Waals surface area contributed by atoms with Crippen LogP contribution in [0.2, 0.25) is 0 Å². The van der Waals surface area contributed by atoms with Crippen LogP contribution in [-0.4, -0.2) is 60.5 Å². The van der Waals surface area contributed by atoms with Gasteiger partial charge in [0.1, 0.15) is 0 Å². The molecule has 2 aliphatic rings. The van der Waals surface area contributed by atoms with Crippen molar-refractivity contribution in [3.8, 4) is 0 Å². The number of β-amino-alcohol motifs (C(OH)–C–C–N with tert-alkyl or cyclic N) is 1. The van der Waals surface area contributed by atoms with E-state index < -0.39 is 5.60 Å². The maximum absolute atomic E-state index is 10.5. The van der Waals surface area contributed by atoms with E-state index >= 15 is 0 Å². The molecule has 16 heavy (non-hydrogen) atoms. The monoisotopic (exact) mass is 228 g/mol. The molecule has 0 bridgehead atoms. The summed E-state index contributed by atoms with van der Waals surface area (Å²) in [5.41, 5.74) is -0.490. The van der Waals surface area contributed by atoms with Crippen molar-refractivity contribution in [2.45, 2.75) is 44.4 Å². The molecule has 2 atom stereocenters. The van der Waals surface area contributed by atoms with Crippen LogP contribution in [0.25, 0.3) is 0 Å². The topological polar surface area (TPSA) is 44.7 Å². The lowest BCUT2D eigenvalue weighted by molar-refractivity contribution is -0.0906. The number of aliphatic hydroxyl groups is 1. The SMILES string of the molecule is CC1CN(CC2(O)CCNCC2)C(C)CO1. The maximum Gasteiger partial charge on any atom is 0.0798 e. The second-order valence-electron chi connectivity index (χ2n) is 5.40. The van der Waals surface area contributed by atoms with Gasteiger partial charge in [-0.2, -0.15) is 0 Å². The van der Waals surface area contributed by atoms with Gasteiger partial charge in [-0.3, -0.25) is 4.90 Å². The smallest absolute Gasteiger partial charge is 0.0798 e. The van der Waals surface area contributed by atoms with Gasteiger partial charge in [-0.15, -0.1) is 0 Å². The minimum Gasteiger partial charge on any atom is -0.388 e. The maximum atomic E-state index is 10.5. The number of piperidine rings is 1. The minimum atomic E-state index is -0.490. The summed E-state index contributed by atoms with van der Waals surface area (Å²) in [5, 5.41) is 13.8. The van der Waals surface area contributed by atoms with Gasteiger partial charge >= 0.3 is 0 Å². The molecule has 0 amide bonds. The summed E-state index contributed by atoms with van der Waals surface area (Å²) in [4.78, 5) is 2.37. The zero-order valence-electron chi connectivity index (χ0n) is 10.4. The highest BCUT2D eigenvalue weighted by atomic mass is 16.5. The lowest BCUT2D eigenvalue weighted by Crippen LogP contribution is -2.56. The highest BCUT2D eigenvalue weighted by Crippen LogP contribution is 2.22. The van der Waals surface area contributed by atoms with Crippen molar-refractivity contribution in [2.24, 2.45) is 0 Å². The van der Waals surface area contributed by atoms with Crippen LogP contribution in [0, 0.1) is 0 Å². The van der Waals surface area contributed by atoms with Crippen molar-refractivity contribution < 1.29 is 9.84 Å². The number of ether oxygens (including phenoxy) is 1. The summed E-state index contributed by atoms with van der Waals surface area (Å²) in [6.45, 7) is 8.67. The molecule has 0 aliphatic carbocycles. The third-order valence-electron chi connectivity index (χ3n) is 3.77. The predicted molar refractivity (Wildman–Crippen MR) is 63.5 cm³/mol. The summed E-state index contributed by atoms with van der Waals surface area (Å²) in [6.07, 6.45) is 2.03. The lowest BCUT2D eigenvalue weighted by Gasteiger charge is -2.43. The van der Waals surface area contributed by atoms with Crippen molar-refractivity contribution in [1.82, 2.24) is 10.2 Å². The van der Waals surface area contributed by atoms with Crippen LogP contribution in [0.3, 0.4) is 0 Å². The minimum absolute atomic E-state index is 0.293. The standard InChI is InChI=1S/C12H24N2O2/c1-10-8-16-11(2)7-14(10)9-12(15)3-5-13-6-4-12/h10-11,13,15H,3-9H2,1-2H3. The molecular weight excluding hydrogens is 204 g/mol. The van der Waals surface area contributed by atoms with E-state index in [-0.39, 0.29) is 0 Å². The second-order valence-corrected chi connectivity index (χ2v) is 5.40. The van der Waals surface area contributed by atoms with Crippen LogP contribution in [-0.2, 0) is 4.74 Å². The quantitative estimate of drug-likeness (QED) is 0.709. The summed E-state index contributed by atoms with van der Waals surface area (Å²) in [6, 6.07) is 0.426. The fourth-order valence-corrected chi connectivity index (χ4v) is 2.62. The van der Waals surface area contributed by atoms with Gasteiger partial charge in [0.25, 0.3) is 0 Å². The van der Waals surface area contributed by atoms with Gasteiger partial charge in [0.05, 0.1) is 18.3 Å². The van der Waals surface area contributed by atoms with E-state index in [9.17, 15) is 5.11 Å². The van der Waals surface area contributed by atoms with Crippen LogP contribution >= 0.6 is 0 Å². The predicted octanol–water partition coefficient (Wildman–Crippen LogP) is 0.210. The van der Waals surface area contributed by atoms with E-state index in [4.69, 9.17) is 4.74 Å². The first kappa shape index (κ1) is 12.3. The molecule has 2 heterocycles. The fourth-order valence-electron chi connectivity index (χ4n) is 2.62. The van der Waals surface area contributed by atoms with Crippen molar-refractivity contribution in [3.05, 3.63) is 0 Å². The van der Waals surface area contributed by atoms with E-state index in [2.05, 4.69) is 24.1 Å². The number of hydrogen-bond acceptors (Lipinski definition) is 4. The van der Waals surface area contributed by atoms with Crippen LogP contribution in [0.15, 0.2) is 0 Å². The molecule has 0 radical (unpaired) electrons. The molecule has 2 N–H and O–H groups in total. The average Bonchev–Trinajstić information content (AvgIpc) is 2.24. The Hall–Kier alpha value is -0.160. The number of nitrogens with zero attached hydrogens (tertiary/aromatic N) is 1. The molecule has 4 heteroatoms. The Morgan fingerprint density at radius 1 is 1.38 bits per heavy atom. The van der Waals surface area contributed by atoms with Crippen molar-refractivity contribution in [1.29, 1.82) is 0 Å². The molecule has 0 spiro atoms. The van der Waals surface area contributed by atoms with Gasteiger partial charge in [-0.1, -0.05) is 0 Å². The third kappa shape index (κ3) is 2.94. The molecule has 0 saturated carbocycles. The number of nitrogens with one attached hydrogen (secondary N) is 1. The summed E-state index contributed by atoms with van der Waals surface area (Å²) in [5.74, 6) is 0. The fraction of sp³-hybridized carbons (Fsp3) is 1.00. The molecule has 4 nitrogen and oxygen atoms in total. The molecule has 2 aliphatic heterocycles. The lowest BCUT2D eigenvalue weighted by atomic mass is 9.91. The van der Waals surface area contributed by atoms with E-state index in [1.807, 2.05) is 0 Å². The Morgan fingerprint density at radius 2 is 2.06 bits per heavy atom. The molecule has 0 aromatic rings. The van der Waals surface area contributed by atoms with Crippen molar-refractivity contribution >= 4 is 0 Å². The van der Waals surface area contributed by atoms with Crippen LogP contribution in [0.4, 0.5) is 0 Å². The molecular formula is C12H24N2O2. The van der Waals surface area contributed by atoms with Gasteiger partial charge in [0.2, 0.25) is 0 Å². The summed E-state index contributed by atoms with van der Waals surface area (Å²) < 4.78 is 5.61. The van der Waals surface area contributed by atoms with E-state index in [0.29, 0.717) is 12.1 Å². The van der Waals surface area contributed by atoms with Gasteiger partial charge in [0, 0.05) is 19.1 Å². The van der Waals surface area contributed by atoms with E-state index in [1.165, 1.54) is 0 Å². The normalized spacial score (nSPS) is 36.2.